The van der Waals surface area contributed by atoms with E-state index >= 15 is 0 Å². The third-order valence-electron chi connectivity index (χ3n) is 4.69. The Hall–Kier alpha value is -1.96. The van der Waals surface area contributed by atoms with Gasteiger partial charge in [0.05, 0.1) is 4.90 Å². The SMILES string of the molecule is CN(C)CCNC(=O)[C@H]1CCCN1S(=O)(=O)c1ccc2ccccc2c1. The third-order valence-corrected chi connectivity index (χ3v) is 6.60. The zero-order valence-electron chi connectivity index (χ0n) is 15.2. The van der Waals surface area contributed by atoms with Gasteiger partial charge in [-0.3, -0.25) is 4.79 Å². The Labute approximate surface area is 154 Å². The van der Waals surface area contributed by atoms with Crippen molar-refractivity contribution in [3.63, 3.8) is 0 Å². The van der Waals surface area contributed by atoms with Gasteiger partial charge in [-0.05, 0) is 49.8 Å². The van der Waals surface area contributed by atoms with E-state index in [9.17, 15) is 13.2 Å². The second kappa shape index (κ2) is 7.73. The number of hydrogen-bond acceptors (Lipinski definition) is 4. The van der Waals surface area contributed by atoms with E-state index in [4.69, 9.17) is 0 Å². The summed E-state index contributed by atoms with van der Waals surface area (Å²) in [4.78, 5) is 14.7. The molecule has 1 amide bonds. The van der Waals surface area contributed by atoms with Gasteiger partial charge in [0.2, 0.25) is 15.9 Å². The van der Waals surface area contributed by atoms with Gasteiger partial charge in [0.25, 0.3) is 0 Å². The van der Waals surface area contributed by atoms with Crippen LogP contribution in [-0.2, 0) is 14.8 Å². The van der Waals surface area contributed by atoms with Gasteiger partial charge in [-0.15, -0.1) is 0 Å². The number of likely N-dealkylation sites (N-methyl/N-ethyl adjacent to an activating group) is 1. The van der Waals surface area contributed by atoms with Crippen LogP contribution in [0.25, 0.3) is 10.8 Å². The van der Waals surface area contributed by atoms with Gasteiger partial charge >= 0.3 is 0 Å². The Balaban J connectivity index is 1.81. The van der Waals surface area contributed by atoms with Gasteiger partial charge in [0, 0.05) is 19.6 Å². The molecular weight excluding hydrogens is 350 g/mol. The Morgan fingerprint density at radius 2 is 1.92 bits per heavy atom. The van der Waals surface area contributed by atoms with Crippen LogP contribution in [0.5, 0.6) is 0 Å². The fourth-order valence-electron chi connectivity index (χ4n) is 3.27. The summed E-state index contributed by atoms with van der Waals surface area (Å²) in [5.41, 5.74) is 0. The molecule has 0 radical (unpaired) electrons. The van der Waals surface area contributed by atoms with Crippen molar-refractivity contribution in [2.45, 2.75) is 23.8 Å². The largest absolute Gasteiger partial charge is 0.353 e. The molecule has 26 heavy (non-hydrogen) atoms. The van der Waals surface area contributed by atoms with Crippen LogP contribution in [0.4, 0.5) is 0 Å². The molecule has 3 rings (SSSR count). The number of rotatable bonds is 6. The Morgan fingerprint density at radius 3 is 2.65 bits per heavy atom. The van der Waals surface area contributed by atoms with Crippen molar-refractivity contribution in [1.82, 2.24) is 14.5 Å². The Kier molecular flexibility index (Phi) is 5.60. The molecule has 2 aromatic rings. The van der Waals surface area contributed by atoms with Gasteiger partial charge in [0.1, 0.15) is 6.04 Å². The van der Waals surface area contributed by atoms with Crippen molar-refractivity contribution in [2.24, 2.45) is 0 Å². The highest BCUT2D eigenvalue weighted by atomic mass is 32.2. The van der Waals surface area contributed by atoms with Gasteiger partial charge < -0.3 is 10.2 Å². The number of nitrogens with one attached hydrogen (secondary N) is 1. The highest BCUT2D eigenvalue weighted by Gasteiger charge is 2.39. The molecule has 140 valence electrons. The summed E-state index contributed by atoms with van der Waals surface area (Å²) in [6, 6.07) is 12.1. The van der Waals surface area contributed by atoms with Crippen molar-refractivity contribution in [3.8, 4) is 0 Å². The topological polar surface area (TPSA) is 69.7 Å². The van der Waals surface area contributed by atoms with Gasteiger partial charge in [-0.25, -0.2) is 8.42 Å². The van der Waals surface area contributed by atoms with Crippen molar-refractivity contribution < 1.29 is 13.2 Å². The zero-order chi connectivity index (χ0) is 18.7. The highest BCUT2D eigenvalue weighted by Crippen LogP contribution is 2.28. The summed E-state index contributed by atoms with van der Waals surface area (Å²) in [5.74, 6) is -0.214. The number of carbonyl (C=O) groups is 1. The summed E-state index contributed by atoms with van der Waals surface area (Å²) in [7, 11) is 0.154. The quantitative estimate of drug-likeness (QED) is 0.834. The van der Waals surface area contributed by atoms with Gasteiger partial charge in [0.15, 0.2) is 0 Å². The molecule has 1 fully saturated rings. The van der Waals surface area contributed by atoms with Crippen LogP contribution in [0.1, 0.15) is 12.8 Å². The maximum atomic E-state index is 13.1. The molecule has 0 bridgehead atoms. The molecule has 1 heterocycles. The summed E-state index contributed by atoms with van der Waals surface area (Å²) in [6.07, 6.45) is 1.25. The van der Waals surface area contributed by atoms with Crippen LogP contribution in [-0.4, -0.2) is 63.3 Å². The minimum Gasteiger partial charge on any atom is -0.353 e. The van der Waals surface area contributed by atoms with E-state index < -0.39 is 16.1 Å². The monoisotopic (exact) mass is 375 g/mol. The first-order valence-corrected chi connectivity index (χ1v) is 10.3. The van der Waals surface area contributed by atoms with E-state index in [1.54, 1.807) is 12.1 Å². The molecule has 2 aromatic carbocycles. The summed E-state index contributed by atoms with van der Waals surface area (Å²) in [6.45, 7) is 1.60. The number of sulfonamides is 1. The highest BCUT2D eigenvalue weighted by molar-refractivity contribution is 7.89. The van der Waals surface area contributed by atoms with Crippen LogP contribution in [0.3, 0.4) is 0 Å². The lowest BCUT2D eigenvalue weighted by molar-refractivity contribution is -0.124. The van der Waals surface area contributed by atoms with E-state index in [1.807, 2.05) is 49.3 Å². The summed E-state index contributed by atoms with van der Waals surface area (Å²) in [5, 5.41) is 4.72. The number of nitrogens with zero attached hydrogens (tertiary/aromatic N) is 2. The van der Waals surface area contributed by atoms with Crippen LogP contribution >= 0.6 is 0 Å². The van der Waals surface area contributed by atoms with Crippen LogP contribution < -0.4 is 5.32 Å². The zero-order valence-corrected chi connectivity index (χ0v) is 16.0. The molecule has 1 aliphatic heterocycles. The molecule has 0 saturated carbocycles. The lowest BCUT2D eigenvalue weighted by Gasteiger charge is -2.24. The maximum Gasteiger partial charge on any atom is 0.243 e. The minimum absolute atomic E-state index is 0.214. The van der Waals surface area contributed by atoms with Gasteiger partial charge in [-0.2, -0.15) is 4.31 Å². The standard InChI is InChI=1S/C19H25N3O3S/c1-21(2)13-11-20-19(23)18-8-5-12-22(18)26(24,25)17-10-9-15-6-3-4-7-16(15)14-17/h3-4,6-7,9-10,14,18H,5,8,11-13H2,1-2H3,(H,20,23)/t18-/m1/s1. The number of amides is 1. The average molecular weight is 375 g/mol. The number of hydrogen-bond donors (Lipinski definition) is 1. The maximum absolute atomic E-state index is 13.1. The fraction of sp³-hybridized carbons (Fsp3) is 0.421. The Bertz CT molecular complexity index is 896. The predicted octanol–water partition coefficient (Wildman–Crippen LogP) is 1.67. The van der Waals surface area contributed by atoms with Crippen LogP contribution in [0, 0.1) is 0 Å². The van der Waals surface area contributed by atoms with E-state index in [0.717, 1.165) is 17.3 Å². The number of fused-ring (bicyclic) bond motifs is 1. The first kappa shape index (κ1) is 18.8. The van der Waals surface area contributed by atoms with Crippen LogP contribution in [0.2, 0.25) is 0 Å². The van der Waals surface area contributed by atoms with Crippen molar-refractivity contribution in [1.29, 1.82) is 0 Å². The van der Waals surface area contributed by atoms with Crippen molar-refractivity contribution >= 4 is 26.7 Å². The third kappa shape index (κ3) is 3.90. The molecule has 1 atom stereocenters. The van der Waals surface area contributed by atoms with E-state index in [-0.39, 0.29) is 10.8 Å². The molecular formula is C19H25N3O3S. The second-order valence-corrected chi connectivity index (χ2v) is 8.77. The van der Waals surface area contributed by atoms with E-state index in [1.165, 1.54) is 4.31 Å². The van der Waals surface area contributed by atoms with Crippen molar-refractivity contribution in [3.05, 3.63) is 42.5 Å². The molecule has 7 heteroatoms. The second-order valence-electron chi connectivity index (χ2n) is 6.88. The van der Waals surface area contributed by atoms with Crippen molar-refractivity contribution in [2.75, 3.05) is 33.7 Å². The molecule has 6 nitrogen and oxygen atoms in total. The predicted molar refractivity (Wildman–Crippen MR) is 102 cm³/mol. The summed E-state index contributed by atoms with van der Waals surface area (Å²) < 4.78 is 27.6. The van der Waals surface area contributed by atoms with E-state index in [0.29, 0.717) is 25.9 Å². The first-order chi connectivity index (χ1) is 12.4. The summed E-state index contributed by atoms with van der Waals surface area (Å²) >= 11 is 0. The molecule has 0 aliphatic carbocycles. The smallest absolute Gasteiger partial charge is 0.243 e. The van der Waals surface area contributed by atoms with Gasteiger partial charge in [-0.1, -0.05) is 30.3 Å². The molecule has 1 aliphatic rings. The van der Waals surface area contributed by atoms with E-state index in [2.05, 4.69) is 5.32 Å². The average Bonchev–Trinajstić information content (AvgIpc) is 3.11. The molecule has 1 saturated heterocycles. The fourth-order valence-corrected chi connectivity index (χ4v) is 4.97. The number of carbonyl (C=O) groups excluding carboxylic acids is 1. The Morgan fingerprint density at radius 1 is 1.19 bits per heavy atom. The number of benzene rings is 2. The normalized spacial score (nSPS) is 18.5. The molecule has 0 unspecified atom stereocenters. The minimum atomic E-state index is -3.70. The lowest BCUT2D eigenvalue weighted by atomic mass is 10.1. The first-order valence-electron chi connectivity index (χ1n) is 8.83. The molecule has 1 N–H and O–H groups in total. The van der Waals surface area contributed by atoms with Crippen LogP contribution in [0.15, 0.2) is 47.4 Å². The lowest BCUT2D eigenvalue weighted by Crippen LogP contribution is -2.47. The molecule has 0 spiro atoms. The molecule has 0 aromatic heterocycles.